The number of alkyl halides is 1. The summed E-state index contributed by atoms with van der Waals surface area (Å²) in [6.07, 6.45) is 1.66. The number of nitrogens with one attached hydrogen (secondary N) is 1. The van der Waals surface area contributed by atoms with E-state index in [4.69, 9.17) is 11.6 Å². The third-order valence-corrected chi connectivity index (χ3v) is 3.60. The highest BCUT2D eigenvalue weighted by Crippen LogP contribution is 2.30. The SMILES string of the molecule is CC1(F)CNCCC1Cc1cccc(Cl)c1. The van der Waals surface area contributed by atoms with Crippen molar-refractivity contribution in [3.63, 3.8) is 0 Å². The maximum atomic E-state index is 14.2. The number of halogens is 2. The van der Waals surface area contributed by atoms with Gasteiger partial charge in [-0.15, -0.1) is 0 Å². The van der Waals surface area contributed by atoms with Crippen molar-refractivity contribution in [1.82, 2.24) is 5.32 Å². The maximum Gasteiger partial charge on any atom is 0.123 e. The Hall–Kier alpha value is -0.600. The molecule has 1 N–H and O–H groups in total. The Balaban J connectivity index is 2.08. The number of piperidine rings is 1. The van der Waals surface area contributed by atoms with Gasteiger partial charge in [0.2, 0.25) is 0 Å². The van der Waals surface area contributed by atoms with Crippen LogP contribution in [0.25, 0.3) is 0 Å². The second-order valence-electron chi connectivity index (χ2n) is 4.77. The van der Waals surface area contributed by atoms with Crippen molar-refractivity contribution in [2.45, 2.75) is 25.4 Å². The quantitative estimate of drug-likeness (QED) is 0.839. The van der Waals surface area contributed by atoms with Gasteiger partial charge in [-0.1, -0.05) is 23.7 Å². The maximum absolute atomic E-state index is 14.2. The van der Waals surface area contributed by atoms with Crippen LogP contribution in [0.4, 0.5) is 4.39 Å². The number of hydrogen-bond acceptors (Lipinski definition) is 1. The van der Waals surface area contributed by atoms with Gasteiger partial charge < -0.3 is 5.32 Å². The van der Waals surface area contributed by atoms with E-state index in [9.17, 15) is 4.39 Å². The lowest BCUT2D eigenvalue weighted by atomic mass is 9.81. The first-order valence-corrected chi connectivity index (χ1v) is 6.10. The molecule has 2 rings (SSSR count). The average Bonchev–Trinajstić information content (AvgIpc) is 2.21. The Kier molecular flexibility index (Phi) is 3.50. The Morgan fingerprint density at radius 2 is 2.38 bits per heavy atom. The molecule has 1 heterocycles. The van der Waals surface area contributed by atoms with Crippen molar-refractivity contribution in [2.75, 3.05) is 13.1 Å². The highest BCUT2D eigenvalue weighted by atomic mass is 35.5. The van der Waals surface area contributed by atoms with Gasteiger partial charge in [0.15, 0.2) is 0 Å². The molecule has 0 spiro atoms. The molecule has 1 aromatic carbocycles. The monoisotopic (exact) mass is 241 g/mol. The van der Waals surface area contributed by atoms with Crippen molar-refractivity contribution in [3.8, 4) is 0 Å². The van der Waals surface area contributed by atoms with Gasteiger partial charge in [-0.2, -0.15) is 0 Å². The smallest absolute Gasteiger partial charge is 0.123 e. The van der Waals surface area contributed by atoms with Gasteiger partial charge in [-0.25, -0.2) is 4.39 Å². The van der Waals surface area contributed by atoms with E-state index in [1.165, 1.54) is 0 Å². The van der Waals surface area contributed by atoms with Crippen LogP contribution in [-0.4, -0.2) is 18.8 Å². The van der Waals surface area contributed by atoms with Crippen LogP contribution in [-0.2, 0) is 6.42 Å². The molecule has 2 unspecified atom stereocenters. The minimum absolute atomic E-state index is 0.0900. The molecule has 1 fully saturated rings. The van der Waals surface area contributed by atoms with Gasteiger partial charge >= 0.3 is 0 Å². The minimum atomic E-state index is -1.11. The Labute approximate surface area is 101 Å². The molecule has 0 aromatic heterocycles. The van der Waals surface area contributed by atoms with E-state index in [1.54, 1.807) is 6.92 Å². The van der Waals surface area contributed by atoms with Gasteiger partial charge in [-0.05, 0) is 49.9 Å². The average molecular weight is 242 g/mol. The summed E-state index contributed by atoms with van der Waals surface area (Å²) in [5.74, 6) is 0.0900. The molecule has 0 bridgehead atoms. The molecule has 88 valence electrons. The third-order valence-electron chi connectivity index (χ3n) is 3.36. The summed E-state index contributed by atoms with van der Waals surface area (Å²) in [5.41, 5.74) is 0.0175. The van der Waals surface area contributed by atoms with Gasteiger partial charge in [0, 0.05) is 11.6 Å². The first-order chi connectivity index (χ1) is 7.58. The van der Waals surface area contributed by atoms with Gasteiger partial charge in [0.05, 0.1) is 0 Å². The van der Waals surface area contributed by atoms with Crippen LogP contribution in [0.15, 0.2) is 24.3 Å². The van der Waals surface area contributed by atoms with E-state index in [0.717, 1.165) is 30.0 Å². The first-order valence-electron chi connectivity index (χ1n) is 5.72. The normalized spacial score (nSPS) is 30.3. The molecule has 3 heteroatoms. The second kappa shape index (κ2) is 4.72. The molecule has 0 saturated carbocycles. The van der Waals surface area contributed by atoms with Crippen LogP contribution < -0.4 is 5.32 Å². The summed E-state index contributed by atoms with van der Waals surface area (Å²) in [6, 6.07) is 7.72. The van der Waals surface area contributed by atoms with E-state index in [1.807, 2.05) is 24.3 Å². The van der Waals surface area contributed by atoms with Gasteiger partial charge in [-0.3, -0.25) is 0 Å². The summed E-state index contributed by atoms with van der Waals surface area (Å²) >= 11 is 5.93. The lowest BCUT2D eigenvalue weighted by Gasteiger charge is -2.35. The molecule has 0 radical (unpaired) electrons. The summed E-state index contributed by atoms with van der Waals surface area (Å²) < 4.78 is 14.2. The zero-order chi connectivity index (χ0) is 11.6. The molecule has 1 saturated heterocycles. The van der Waals surface area contributed by atoms with Crippen molar-refractivity contribution in [3.05, 3.63) is 34.9 Å². The molecular weight excluding hydrogens is 225 g/mol. The topological polar surface area (TPSA) is 12.0 Å². The fourth-order valence-corrected chi connectivity index (χ4v) is 2.53. The van der Waals surface area contributed by atoms with Crippen LogP contribution in [0, 0.1) is 5.92 Å². The van der Waals surface area contributed by atoms with E-state index >= 15 is 0 Å². The van der Waals surface area contributed by atoms with Crippen LogP contribution in [0.5, 0.6) is 0 Å². The van der Waals surface area contributed by atoms with Gasteiger partial charge in [0.1, 0.15) is 5.67 Å². The summed E-state index contributed by atoms with van der Waals surface area (Å²) in [5, 5.41) is 3.83. The van der Waals surface area contributed by atoms with Crippen molar-refractivity contribution < 1.29 is 4.39 Å². The van der Waals surface area contributed by atoms with Crippen molar-refractivity contribution >= 4 is 11.6 Å². The number of rotatable bonds is 2. The van der Waals surface area contributed by atoms with Gasteiger partial charge in [0.25, 0.3) is 0 Å². The van der Waals surface area contributed by atoms with Crippen LogP contribution in [0.2, 0.25) is 5.02 Å². The predicted molar refractivity (Wildman–Crippen MR) is 65.6 cm³/mol. The fourth-order valence-electron chi connectivity index (χ4n) is 2.32. The molecule has 0 amide bonds. The standard InChI is InChI=1S/C13H17ClFN/c1-13(15)9-16-6-5-11(13)7-10-3-2-4-12(14)8-10/h2-4,8,11,16H,5-7,9H2,1H3. The zero-order valence-electron chi connectivity index (χ0n) is 9.47. The zero-order valence-corrected chi connectivity index (χ0v) is 10.2. The molecule has 0 aliphatic carbocycles. The van der Waals surface area contributed by atoms with Crippen LogP contribution >= 0.6 is 11.6 Å². The molecule has 1 aliphatic rings. The highest BCUT2D eigenvalue weighted by molar-refractivity contribution is 6.30. The highest BCUT2D eigenvalue weighted by Gasteiger charge is 2.36. The lowest BCUT2D eigenvalue weighted by molar-refractivity contribution is 0.0712. The first kappa shape index (κ1) is 11.9. The van der Waals surface area contributed by atoms with Crippen LogP contribution in [0.3, 0.4) is 0 Å². The second-order valence-corrected chi connectivity index (χ2v) is 5.21. The van der Waals surface area contributed by atoms with Crippen molar-refractivity contribution in [1.29, 1.82) is 0 Å². The Morgan fingerprint density at radius 3 is 3.06 bits per heavy atom. The molecule has 1 aliphatic heterocycles. The summed E-state index contributed by atoms with van der Waals surface area (Å²) in [7, 11) is 0. The van der Waals surface area contributed by atoms with E-state index in [2.05, 4.69) is 5.32 Å². The molecular formula is C13H17ClFN. The molecule has 2 atom stereocenters. The van der Waals surface area contributed by atoms with Crippen LogP contribution in [0.1, 0.15) is 18.9 Å². The summed E-state index contributed by atoms with van der Waals surface area (Å²) in [4.78, 5) is 0. The van der Waals surface area contributed by atoms with Crippen molar-refractivity contribution in [2.24, 2.45) is 5.92 Å². The summed E-state index contributed by atoms with van der Waals surface area (Å²) in [6.45, 7) is 3.05. The minimum Gasteiger partial charge on any atom is -0.314 e. The fraction of sp³-hybridized carbons (Fsp3) is 0.538. The molecule has 1 aromatic rings. The van der Waals surface area contributed by atoms with E-state index in [-0.39, 0.29) is 5.92 Å². The molecule has 1 nitrogen and oxygen atoms in total. The Bertz CT molecular complexity index is 365. The third kappa shape index (κ3) is 2.74. The predicted octanol–water partition coefficient (Wildman–Crippen LogP) is 3.22. The number of benzene rings is 1. The van der Waals surface area contributed by atoms with E-state index in [0.29, 0.717) is 6.54 Å². The molecule has 16 heavy (non-hydrogen) atoms. The van der Waals surface area contributed by atoms with E-state index < -0.39 is 5.67 Å². The lowest BCUT2D eigenvalue weighted by Crippen LogP contribution is -2.47. The largest absolute Gasteiger partial charge is 0.314 e. The number of hydrogen-bond donors (Lipinski definition) is 1. The Morgan fingerprint density at radius 1 is 1.56 bits per heavy atom.